The summed E-state index contributed by atoms with van der Waals surface area (Å²) in [4.78, 5) is 31.6. The first-order chi connectivity index (χ1) is 19.7. The van der Waals surface area contributed by atoms with Crippen LogP contribution in [0.15, 0.2) is 71.6 Å². The number of sulfone groups is 1. The number of anilines is 2. The van der Waals surface area contributed by atoms with E-state index in [0.717, 1.165) is 23.1 Å². The molecule has 3 aromatic rings. The minimum atomic E-state index is -3.57. The minimum absolute atomic E-state index is 0.0252. The van der Waals surface area contributed by atoms with Gasteiger partial charge in [-0.25, -0.2) is 13.2 Å². The number of hydrogen-bond donors (Lipinski definition) is 1. The molecule has 5 rings (SSSR count). The van der Waals surface area contributed by atoms with E-state index in [1.54, 1.807) is 28.0 Å². The maximum absolute atomic E-state index is 14.7. The third kappa shape index (κ3) is 4.98. The van der Waals surface area contributed by atoms with Crippen molar-refractivity contribution in [2.24, 2.45) is 5.92 Å². The summed E-state index contributed by atoms with van der Waals surface area (Å²) in [5.74, 6) is -0.124. The van der Waals surface area contributed by atoms with Crippen LogP contribution in [0.3, 0.4) is 0 Å². The lowest BCUT2D eigenvalue weighted by Gasteiger charge is -2.37. The van der Waals surface area contributed by atoms with Crippen LogP contribution < -0.4 is 4.90 Å². The second-order valence-corrected chi connectivity index (χ2v) is 14.5. The van der Waals surface area contributed by atoms with Crippen LogP contribution in [0.25, 0.3) is 11.1 Å². The Balaban J connectivity index is 1.60. The van der Waals surface area contributed by atoms with E-state index in [1.165, 1.54) is 0 Å². The molecule has 1 fully saturated rings. The van der Waals surface area contributed by atoms with Crippen molar-refractivity contribution in [1.29, 1.82) is 0 Å². The number of ether oxygens (including phenoxy) is 1. The van der Waals surface area contributed by atoms with E-state index in [0.29, 0.717) is 29.8 Å². The Morgan fingerprint density at radius 1 is 1.05 bits per heavy atom. The number of likely N-dealkylation sites (tertiary alicyclic amines) is 1. The molecule has 0 unspecified atom stereocenters. The zero-order valence-electron chi connectivity index (χ0n) is 24.9. The summed E-state index contributed by atoms with van der Waals surface area (Å²) < 4.78 is 30.6. The van der Waals surface area contributed by atoms with Gasteiger partial charge < -0.3 is 14.7 Å². The SMILES string of the molecule is CC(C)[C@@H]1N(C(=O)OC(C)(C)C)CC[C@@]12C(=O)N(c1cccc(-c3ccc(CO)c(S(C)(=O)=O)c3)c1)c1ccccc12. The van der Waals surface area contributed by atoms with E-state index in [1.807, 2.05) is 83.1 Å². The summed E-state index contributed by atoms with van der Waals surface area (Å²) in [6.45, 7) is 9.58. The summed E-state index contributed by atoms with van der Waals surface area (Å²) >= 11 is 0. The first kappa shape index (κ1) is 29.8. The Morgan fingerprint density at radius 3 is 2.38 bits per heavy atom. The van der Waals surface area contributed by atoms with Crippen LogP contribution in [0, 0.1) is 5.92 Å². The Bertz CT molecular complexity index is 1660. The first-order valence-corrected chi connectivity index (χ1v) is 16.1. The lowest BCUT2D eigenvalue weighted by Crippen LogP contribution is -2.53. The molecule has 0 saturated carbocycles. The quantitative estimate of drug-likeness (QED) is 0.401. The number of carbonyl (C=O) groups excluding carboxylic acids is 2. The zero-order valence-corrected chi connectivity index (χ0v) is 25.7. The Morgan fingerprint density at radius 2 is 1.74 bits per heavy atom. The monoisotopic (exact) mass is 590 g/mol. The number of fused-ring (bicyclic) bond motifs is 2. The number of rotatable bonds is 5. The van der Waals surface area contributed by atoms with Gasteiger partial charge in [0, 0.05) is 18.5 Å². The van der Waals surface area contributed by atoms with Gasteiger partial charge in [0.05, 0.1) is 28.6 Å². The second-order valence-electron chi connectivity index (χ2n) is 12.5. The number of carbonyl (C=O) groups is 2. The van der Waals surface area contributed by atoms with Crippen LogP contribution in [0.1, 0.15) is 52.2 Å². The van der Waals surface area contributed by atoms with Gasteiger partial charge in [0.15, 0.2) is 9.84 Å². The smallest absolute Gasteiger partial charge is 0.410 e. The van der Waals surface area contributed by atoms with Gasteiger partial charge in [-0.2, -0.15) is 0 Å². The third-order valence-corrected chi connectivity index (χ3v) is 9.31. The van der Waals surface area contributed by atoms with Gasteiger partial charge in [-0.1, -0.05) is 56.3 Å². The van der Waals surface area contributed by atoms with Crippen LogP contribution in [-0.2, 0) is 31.4 Å². The minimum Gasteiger partial charge on any atom is -0.444 e. The van der Waals surface area contributed by atoms with Gasteiger partial charge in [-0.3, -0.25) is 9.69 Å². The fourth-order valence-corrected chi connectivity index (χ4v) is 7.54. The zero-order chi connectivity index (χ0) is 30.6. The summed E-state index contributed by atoms with van der Waals surface area (Å²) in [6, 6.07) is 19.7. The summed E-state index contributed by atoms with van der Waals surface area (Å²) in [7, 11) is -3.57. The van der Waals surface area contributed by atoms with Gasteiger partial charge in [0.2, 0.25) is 5.91 Å². The highest BCUT2D eigenvalue weighted by Gasteiger charge is 2.62. The highest BCUT2D eigenvalue weighted by molar-refractivity contribution is 7.90. The number of aliphatic hydroxyl groups is 1. The van der Waals surface area contributed by atoms with E-state index in [9.17, 15) is 23.1 Å². The van der Waals surface area contributed by atoms with Crippen molar-refractivity contribution in [2.75, 3.05) is 17.7 Å². The second kappa shape index (κ2) is 10.5. The highest BCUT2D eigenvalue weighted by atomic mass is 32.2. The number of benzene rings is 3. The lowest BCUT2D eigenvalue weighted by atomic mass is 9.71. The van der Waals surface area contributed by atoms with Crippen molar-refractivity contribution in [1.82, 2.24) is 4.90 Å². The molecule has 9 heteroatoms. The van der Waals surface area contributed by atoms with E-state index in [4.69, 9.17) is 4.74 Å². The standard InChI is InChI=1S/C33H38N2O6S/c1-21(2)29-33(16-17-34(29)31(38)41-32(3,4)5)26-12-7-8-13-27(26)35(30(33)37)25-11-9-10-22(18-25)23-14-15-24(20-36)28(19-23)42(6,39)40/h7-15,18-19,21,29,36H,16-17,20H2,1-6H3/t29-,33-/m0/s1. The Labute approximate surface area is 247 Å². The van der Waals surface area contributed by atoms with Crippen molar-refractivity contribution < 1.29 is 27.9 Å². The van der Waals surface area contributed by atoms with E-state index in [-0.39, 0.29) is 23.3 Å². The molecule has 42 heavy (non-hydrogen) atoms. The Hall–Kier alpha value is -3.69. The molecule has 0 radical (unpaired) electrons. The number of aliphatic hydroxyl groups excluding tert-OH is 1. The molecule has 0 bridgehead atoms. The molecule has 2 aliphatic heterocycles. The predicted molar refractivity (Wildman–Crippen MR) is 162 cm³/mol. The maximum Gasteiger partial charge on any atom is 0.410 e. The van der Waals surface area contributed by atoms with E-state index >= 15 is 0 Å². The topological polar surface area (TPSA) is 104 Å². The summed E-state index contributed by atoms with van der Waals surface area (Å²) in [5.41, 5.74) is 2.41. The van der Waals surface area contributed by atoms with Crippen molar-refractivity contribution >= 4 is 33.2 Å². The van der Waals surface area contributed by atoms with Gasteiger partial charge in [-0.05, 0) is 79.6 Å². The van der Waals surface area contributed by atoms with Gasteiger partial charge >= 0.3 is 6.09 Å². The molecule has 1 spiro atoms. The van der Waals surface area contributed by atoms with Crippen LogP contribution >= 0.6 is 0 Å². The molecule has 0 aliphatic carbocycles. The molecule has 2 atom stereocenters. The number of nitrogens with zero attached hydrogens (tertiary/aromatic N) is 2. The molecular formula is C33H38N2O6S. The third-order valence-electron chi connectivity index (χ3n) is 8.13. The molecule has 3 aromatic carbocycles. The molecule has 8 nitrogen and oxygen atoms in total. The molecule has 2 aliphatic rings. The lowest BCUT2D eigenvalue weighted by molar-refractivity contribution is -0.123. The van der Waals surface area contributed by atoms with E-state index < -0.39 is 33.0 Å². The average Bonchev–Trinajstić information content (AvgIpc) is 3.44. The fraction of sp³-hybridized carbons (Fsp3) is 0.394. The molecule has 0 aromatic heterocycles. The number of para-hydroxylation sites is 1. The van der Waals surface area contributed by atoms with Crippen molar-refractivity contribution in [2.45, 2.75) is 69.6 Å². The number of amides is 2. The van der Waals surface area contributed by atoms with Crippen LogP contribution in [0.5, 0.6) is 0 Å². The van der Waals surface area contributed by atoms with E-state index in [2.05, 4.69) is 0 Å². The highest BCUT2D eigenvalue weighted by Crippen LogP contribution is 2.54. The number of hydrogen-bond acceptors (Lipinski definition) is 6. The van der Waals surface area contributed by atoms with Gasteiger partial charge in [0.25, 0.3) is 0 Å². The van der Waals surface area contributed by atoms with Crippen molar-refractivity contribution in [3.8, 4) is 11.1 Å². The molecule has 1 saturated heterocycles. The molecule has 1 N–H and O–H groups in total. The predicted octanol–water partition coefficient (Wildman–Crippen LogP) is 5.83. The largest absolute Gasteiger partial charge is 0.444 e. The molecular weight excluding hydrogens is 552 g/mol. The first-order valence-electron chi connectivity index (χ1n) is 14.2. The van der Waals surface area contributed by atoms with Crippen LogP contribution in [0.4, 0.5) is 16.2 Å². The molecule has 2 amide bonds. The average molecular weight is 591 g/mol. The normalized spacial score (nSPS) is 20.5. The fourth-order valence-electron chi connectivity index (χ4n) is 6.59. The van der Waals surface area contributed by atoms with Crippen LogP contribution in [0.2, 0.25) is 0 Å². The van der Waals surface area contributed by atoms with Crippen molar-refractivity contribution in [3.63, 3.8) is 0 Å². The van der Waals surface area contributed by atoms with Gasteiger partial charge in [-0.15, -0.1) is 0 Å². The Kier molecular flexibility index (Phi) is 7.48. The molecule has 2 heterocycles. The maximum atomic E-state index is 14.7. The van der Waals surface area contributed by atoms with Crippen LogP contribution in [-0.4, -0.2) is 54.9 Å². The summed E-state index contributed by atoms with van der Waals surface area (Å²) in [5, 5.41) is 9.68. The molecule has 222 valence electrons. The van der Waals surface area contributed by atoms with Crippen molar-refractivity contribution in [3.05, 3.63) is 77.9 Å². The summed E-state index contributed by atoms with van der Waals surface area (Å²) in [6.07, 6.45) is 1.17. The van der Waals surface area contributed by atoms with Gasteiger partial charge in [0.1, 0.15) is 5.60 Å².